The van der Waals surface area contributed by atoms with Crippen molar-refractivity contribution >= 4 is 11.6 Å². The molecule has 0 bridgehead atoms. The van der Waals surface area contributed by atoms with E-state index in [0.29, 0.717) is 24.3 Å². The SMILES string of the molecule is O=C(c1cccn2ccnc12)N1CCN(CCc2ccc(F)cc2)CC1. The molecule has 6 heteroatoms. The number of hydrogen-bond acceptors (Lipinski definition) is 3. The molecule has 1 aliphatic heterocycles. The molecule has 1 aromatic carbocycles. The normalized spacial score (nSPS) is 15.5. The zero-order valence-corrected chi connectivity index (χ0v) is 14.5. The first-order valence-electron chi connectivity index (χ1n) is 8.88. The van der Waals surface area contributed by atoms with E-state index in [2.05, 4.69) is 9.88 Å². The van der Waals surface area contributed by atoms with Crippen LogP contribution in [0.1, 0.15) is 15.9 Å². The predicted octanol–water partition coefficient (Wildman–Crippen LogP) is 2.47. The van der Waals surface area contributed by atoms with Gasteiger partial charge in [0.25, 0.3) is 5.91 Å². The Morgan fingerprint density at radius 2 is 1.81 bits per heavy atom. The van der Waals surface area contributed by atoms with Gasteiger partial charge in [-0.2, -0.15) is 0 Å². The van der Waals surface area contributed by atoms with Gasteiger partial charge < -0.3 is 9.30 Å². The number of rotatable bonds is 4. The van der Waals surface area contributed by atoms with Crippen LogP contribution in [-0.2, 0) is 6.42 Å². The summed E-state index contributed by atoms with van der Waals surface area (Å²) in [7, 11) is 0. The molecule has 0 N–H and O–H groups in total. The van der Waals surface area contributed by atoms with Crippen molar-refractivity contribution in [3.8, 4) is 0 Å². The number of pyridine rings is 1. The summed E-state index contributed by atoms with van der Waals surface area (Å²) < 4.78 is 14.8. The second-order valence-corrected chi connectivity index (χ2v) is 6.59. The van der Waals surface area contributed by atoms with Crippen molar-refractivity contribution in [3.05, 3.63) is 71.9 Å². The fourth-order valence-corrected chi connectivity index (χ4v) is 3.40. The summed E-state index contributed by atoms with van der Waals surface area (Å²) in [6.07, 6.45) is 6.34. The highest BCUT2D eigenvalue weighted by Gasteiger charge is 2.23. The van der Waals surface area contributed by atoms with Crippen molar-refractivity contribution in [2.45, 2.75) is 6.42 Å². The third-order valence-electron chi connectivity index (χ3n) is 4.94. The van der Waals surface area contributed by atoms with Crippen molar-refractivity contribution in [2.24, 2.45) is 0 Å². The van der Waals surface area contributed by atoms with Gasteiger partial charge in [0.2, 0.25) is 0 Å². The second-order valence-electron chi connectivity index (χ2n) is 6.59. The number of aromatic nitrogens is 2. The first-order chi connectivity index (χ1) is 12.7. The lowest BCUT2D eigenvalue weighted by atomic mass is 10.1. The van der Waals surface area contributed by atoms with Crippen LogP contribution < -0.4 is 0 Å². The minimum Gasteiger partial charge on any atom is -0.336 e. The number of amides is 1. The molecule has 4 rings (SSSR count). The van der Waals surface area contributed by atoms with E-state index in [1.165, 1.54) is 12.1 Å². The molecule has 2 aromatic heterocycles. The molecule has 5 nitrogen and oxygen atoms in total. The minimum atomic E-state index is -0.201. The van der Waals surface area contributed by atoms with Crippen LogP contribution >= 0.6 is 0 Å². The quantitative estimate of drug-likeness (QED) is 0.724. The van der Waals surface area contributed by atoms with Gasteiger partial charge in [0, 0.05) is 51.3 Å². The van der Waals surface area contributed by atoms with Crippen LogP contribution in [0.2, 0.25) is 0 Å². The van der Waals surface area contributed by atoms with Crippen LogP contribution in [0.3, 0.4) is 0 Å². The van der Waals surface area contributed by atoms with Gasteiger partial charge in [-0.25, -0.2) is 9.37 Å². The summed E-state index contributed by atoms with van der Waals surface area (Å²) in [4.78, 5) is 21.4. The smallest absolute Gasteiger partial charge is 0.257 e. The monoisotopic (exact) mass is 352 g/mol. The Morgan fingerprint density at radius 3 is 2.58 bits per heavy atom. The Hall–Kier alpha value is -2.73. The summed E-state index contributed by atoms with van der Waals surface area (Å²) in [5.41, 5.74) is 2.49. The van der Waals surface area contributed by atoms with Crippen LogP contribution in [-0.4, -0.2) is 57.8 Å². The number of carbonyl (C=O) groups excluding carboxylic acids is 1. The molecular formula is C20H21FN4O. The molecule has 0 radical (unpaired) electrons. The molecule has 1 saturated heterocycles. The van der Waals surface area contributed by atoms with E-state index in [0.717, 1.165) is 31.6 Å². The molecular weight excluding hydrogens is 331 g/mol. The number of piperazine rings is 1. The van der Waals surface area contributed by atoms with Crippen molar-refractivity contribution < 1.29 is 9.18 Å². The number of hydrogen-bond donors (Lipinski definition) is 0. The van der Waals surface area contributed by atoms with Gasteiger partial charge in [0.15, 0.2) is 0 Å². The number of carbonyl (C=O) groups is 1. The molecule has 134 valence electrons. The summed E-state index contributed by atoms with van der Waals surface area (Å²) in [5.74, 6) is -0.159. The Balaban J connectivity index is 1.34. The van der Waals surface area contributed by atoms with E-state index in [-0.39, 0.29) is 11.7 Å². The third kappa shape index (κ3) is 3.46. The maximum atomic E-state index is 13.0. The van der Waals surface area contributed by atoms with Gasteiger partial charge >= 0.3 is 0 Å². The average molecular weight is 352 g/mol. The molecule has 0 atom stereocenters. The first kappa shape index (κ1) is 16.7. The van der Waals surface area contributed by atoms with Crippen molar-refractivity contribution in [1.82, 2.24) is 19.2 Å². The molecule has 0 spiro atoms. The van der Waals surface area contributed by atoms with E-state index < -0.39 is 0 Å². The van der Waals surface area contributed by atoms with Crippen LogP contribution in [0, 0.1) is 5.82 Å². The van der Waals surface area contributed by atoms with Gasteiger partial charge in [-0.3, -0.25) is 9.69 Å². The van der Waals surface area contributed by atoms with E-state index in [1.807, 2.05) is 46.0 Å². The Labute approximate surface area is 151 Å². The van der Waals surface area contributed by atoms with Crippen LogP contribution in [0.15, 0.2) is 55.0 Å². The highest BCUT2D eigenvalue weighted by molar-refractivity contribution is 5.99. The highest BCUT2D eigenvalue weighted by Crippen LogP contribution is 2.14. The molecule has 1 aliphatic rings. The number of fused-ring (bicyclic) bond motifs is 1. The maximum absolute atomic E-state index is 13.0. The van der Waals surface area contributed by atoms with E-state index in [9.17, 15) is 9.18 Å². The van der Waals surface area contributed by atoms with Crippen molar-refractivity contribution in [3.63, 3.8) is 0 Å². The van der Waals surface area contributed by atoms with Gasteiger partial charge in [0.05, 0.1) is 5.56 Å². The Kier molecular flexibility index (Phi) is 4.67. The lowest BCUT2D eigenvalue weighted by Crippen LogP contribution is -2.49. The molecule has 1 amide bonds. The molecule has 1 fully saturated rings. The number of imidazole rings is 1. The number of benzene rings is 1. The maximum Gasteiger partial charge on any atom is 0.257 e. The van der Waals surface area contributed by atoms with E-state index in [4.69, 9.17) is 0 Å². The summed E-state index contributed by atoms with van der Waals surface area (Å²) in [6, 6.07) is 10.4. The lowest BCUT2D eigenvalue weighted by Gasteiger charge is -2.34. The first-order valence-corrected chi connectivity index (χ1v) is 8.88. The topological polar surface area (TPSA) is 40.9 Å². The fourth-order valence-electron chi connectivity index (χ4n) is 3.40. The lowest BCUT2D eigenvalue weighted by molar-refractivity contribution is 0.0640. The van der Waals surface area contributed by atoms with Gasteiger partial charge in [-0.15, -0.1) is 0 Å². The fraction of sp³-hybridized carbons (Fsp3) is 0.300. The second kappa shape index (κ2) is 7.25. The highest BCUT2D eigenvalue weighted by atomic mass is 19.1. The molecule has 0 unspecified atom stereocenters. The number of halogens is 1. The Bertz CT molecular complexity index is 898. The van der Waals surface area contributed by atoms with Crippen LogP contribution in [0.4, 0.5) is 4.39 Å². The zero-order valence-electron chi connectivity index (χ0n) is 14.5. The van der Waals surface area contributed by atoms with Gasteiger partial charge in [-0.05, 0) is 36.2 Å². The summed E-state index contributed by atoms with van der Waals surface area (Å²) in [5, 5.41) is 0. The van der Waals surface area contributed by atoms with Crippen molar-refractivity contribution in [1.29, 1.82) is 0 Å². The molecule has 0 saturated carbocycles. The molecule has 3 heterocycles. The van der Waals surface area contributed by atoms with Gasteiger partial charge in [0.1, 0.15) is 11.5 Å². The third-order valence-corrected chi connectivity index (χ3v) is 4.94. The van der Waals surface area contributed by atoms with E-state index in [1.54, 1.807) is 6.20 Å². The zero-order chi connectivity index (χ0) is 17.9. The molecule has 26 heavy (non-hydrogen) atoms. The summed E-state index contributed by atoms with van der Waals surface area (Å²) in [6.45, 7) is 4.05. The number of nitrogens with zero attached hydrogens (tertiary/aromatic N) is 4. The van der Waals surface area contributed by atoms with E-state index >= 15 is 0 Å². The molecule has 0 aliphatic carbocycles. The minimum absolute atomic E-state index is 0.0417. The predicted molar refractivity (Wildman–Crippen MR) is 97.6 cm³/mol. The summed E-state index contributed by atoms with van der Waals surface area (Å²) >= 11 is 0. The standard InChI is InChI=1S/C20H21FN4O/c21-17-5-3-16(4-6-17)7-10-23-12-14-25(15-13-23)20(26)18-2-1-9-24-11-8-22-19(18)24/h1-6,8-9,11H,7,10,12-15H2. The van der Waals surface area contributed by atoms with Crippen molar-refractivity contribution in [2.75, 3.05) is 32.7 Å². The van der Waals surface area contributed by atoms with Crippen LogP contribution in [0.25, 0.3) is 5.65 Å². The Morgan fingerprint density at radius 1 is 1.04 bits per heavy atom. The molecule has 3 aromatic rings. The van der Waals surface area contributed by atoms with Gasteiger partial charge in [-0.1, -0.05) is 12.1 Å². The average Bonchev–Trinajstić information content (AvgIpc) is 3.16. The van der Waals surface area contributed by atoms with Crippen LogP contribution in [0.5, 0.6) is 0 Å². The largest absolute Gasteiger partial charge is 0.336 e.